The van der Waals surface area contributed by atoms with Gasteiger partial charge in [0.1, 0.15) is 0 Å². The van der Waals surface area contributed by atoms with Gasteiger partial charge in [-0.25, -0.2) is 0 Å². The van der Waals surface area contributed by atoms with Gasteiger partial charge in [0.15, 0.2) is 0 Å². The van der Waals surface area contributed by atoms with Crippen LogP contribution >= 0.6 is 11.8 Å². The van der Waals surface area contributed by atoms with Crippen LogP contribution in [0.3, 0.4) is 0 Å². The Balaban J connectivity index is 2.14. The van der Waals surface area contributed by atoms with Crippen LogP contribution in [0, 0.1) is 6.92 Å². The smallest absolute Gasteiger partial charge is 0.0122 e. The Labute approximate surface area is 101 Å². The van der Waals surface area contributed by atoms with E-state index in [0.717, 1.165) is 5.56 Å². The molecule has 0 unspecified atom stereocenters. The number of hydrogen-bond acceptors (Lipinski definition) is 1. The molecule has 0 fully saturated rings. The molecule has 0 aliphatic carbocycles. The minimum atomic E-state index is 1.16. The first kappa shape index (κ1) is 11.0. The van der Waals surface area contributed by atoms with E-state index in [1.165, 1.54) is 15.4 Å². The van der Waals surface area contributed by atoms with Crippen molar-refractivity contribution in [1.29, 1.82) is 0 Å². The van der Waals surface area contributed by atoms with E-state index in [1.807, 2.05) is 6.08 Å². The summed E-state index contributed by atoms with van der Waals surface area (Å²) in [6.45, 7) is 5.85. The Kier molecular flexibility index (Phi) is 3.47. The summed E-state index contributed by atoms with van der Waals surface area (Å²) in [6, 6.07) is 17.0. The van der Waals surface area contributed by atoms with E-state index in [1.54, 1.807) is 11.8 Å². The molecule has 0 heterocycles. The zero-order valence-corrected chi connectivity index (χ0v) is 10.1. The SMILES string of the molecule is C=Cc1ccc(Sc2ccc(C)cc2)cc1. The third kappa shape index (κ3) is 2.77. The lowest BCUT2D eigenvalue weighted by atomic mass is 10.2. The van der Waals surface area contributed by atoms with Gasteiger partial charge in [-0.05, 0) is 36.8 Å². The molecule has 0 saturated carbocycles. The lowest BCUT2D eigenvalue weighted by Crippen LogP contribution is -1.76. The van der Waals surface area contributed by atoms with Gasteiger partial charge in [0.25, 0.3) is 0 Å². The van der Waals surface area contributed by atoms with Gasteiger partial charge in [0.05, 0.1) is 0 Å². The van der Waals surface area contributed by atoms with Crippen LogP contribution in [-0.4, -0.2) is 0 Å². The van der Waals surface area contributed by atoms with E-state index in [2.05, 4.69) is 62.0 Å². The van der Waals surface area contributed by atoms with E-state index < -0.39 is 0 Å². The third-order valence-corrected chi connectivity index (χ3v) is 3.39. The van der Waals surface area contributed by atoms with Gasteiger partial charge in [-0.2, -0.15) is 0 Å². The Morgan fingerprint density at radius 2 is 1.38 bits per heavy atom. The first-order valence-electron chi connectivity index (χ1n) is 5.25. The van der Waals surface area contributed by atoms with Crippen molar-refractivity contribution in [2.75, 3.05) is 0 Å². The van der Waals surface area contributed by atoms with Gasteiger partial charge < -0.3 is 0 Å². The highest BCUT2D eigenvalue weighted by atomic mass is 32.2. The first-order valence-corrected chi connectivity index (χ1v) is 6.06. The summed E-state index contributed by atoms with van der Waals surface area (Å²) in [7, 11) is 0. The predicted octanol–water partition coefficient (Wildman–Crippen LogP) is 4.79. The van der Waals surface area contributed by atoms with Gasteiger partial charge in [0.2, 0.25) is 0 Å². The van der Waals surface area contributed by atoms with Crippen LogP contribution in [0.2, 0.25) is 0 Å². The molecular weight excluding hydrogens is 212 g/mol. The van der Waals surface area contributed by atoms with Crippen molar-refractivity contribution in [3.8, 4) is 0 Å². The van der Waals surface area contributed by atoms with Crippen molar-refractivity contribution in [1.82, 2.24) is 0 Å². The average Bonchev–Trinajstić information content (AvgIpc) is 2.33. The largest absolute Gasteiger partial charge is 0.0985 e. The van der Waals surface area contributed by atoms with Gasteiger partial charge in [-0.15, -0.1) is 0 Å². The zero-order valence-electron chi connectivity index (χ0n) is 9.31. The molecule has 0 spiro atoms. The summed E-state index contributed by atoms with van der Waals surface area (Å²) in [5.41, 5.74) is 2.46. The predicted molar refractivity (Wildman–Crippen MR) is 71.8 cm³/mol. The Hall–Kier alpha value is -1.47. The minimum absolute atomic E-state index is 1.16. The molecule has 0 nitrogen and oxygen atoms in total. The molecule has 0 aliphatic heterocycles. The van der Waals surface area contributed by atoms with Crippen molar-refractivity contribution in [2.45, 2.75) is 16.7 Å². The van der Waals surface area contributed by atoms with E-state index in [0.29, 0.717) is 0 Å². The van der Waals surface area contributed by atoms with Crippen molar-refractivity contribution < 1.29 is 0 Å². The number of benzene rings is 2. The normalized spacial score (nSPS) is 10.1. The molecule has 0 bridgehead atoms. The lowest BCUT2D eigenvalue weighted by molar-refractivity contribution is 1.36. The molecule has 0 atom stereocenters. The fraction of sp³-hybridized carbons (Fsp3) is 0.0667. The third-order valence-electron chi connectivity index (χ3n) is 2.37. The van der Waals surface area contributed by atoms with Crippen LogP contribution in [0.25, 0.3) is 6.08 Å². The highest BCUT2D eigenvalue weighted by Gasteiger charge is 1.96. The van der Waals surface area contributed by atoms with Gasteiger partial charge >= 0.3 is 0 Å². The Morgan fingerprint density at radius 3 is 1.88 bits per heavy atom. The second-order valence-electron chi connectivity index (χ2n) is 3.69. The number of hydrogen-bond donors (Lipinski definition) is 0. The fourth-order valence-electron chi connectivity index (χ4n) is 1.41. The molecular formula is C15H14S. The molecule has 0 N–H and O–H groups in total. The molecule has 2 aromatic carbocycles. The maximum atomic E-state index is 3.75. The Morgan fingerprint density at radius 1 is 0.875 bits per heavy atom. The van der Waals surface area contributed by atoms with Crippen LogP contribution in [0.5, 0.6) is 0 Å². The van der Waals surface area contributed by atoms with Gasteiger partial charge in [-0.3, -0.25) is 0 Å². The summed E-state index contributed by atoms with van der Waals surface area (Å²) in [5.74, 6) is 0. The molecule has 0 radical (unpaired) electrons. The second-order valence-corrected chi connectivity index (χ2v) is 4.84. The summed E-state index contributed by atoms with van der Waals surface area (Å²) >= 11 is 1.78. The van der Waals surface area contributed by atoms with E-state index in [4.69, 9.17) is 0 Å². The summed E-state index contributed by atoms with van der Waals surface area (Å²) in [4.78, 5) is 2.53. The quantitative estimate of drug-likeness (QED) is 0.725. The van der Waals surface area contributed by atoms with Crippen LogP contribution in [0.4, 0.5) is 0 Å². The molecule has 80 valence electrons. The second kappa shape index (κ2) is 5.04. The average molecular weight is 226 g/mol. The lowest BCUT2D eigenvalue weighted by Gasteiger charge is -2.02. The standard InChI is InChI=1S/C15H14S/c1-3-13-6-10-15(11-7-13)16-14-8-4-12(2)5-9-14/h3-11H,1H2,2H3. The van der Waals surface area contributed by atoms with Crippen molar-refractivity contribution >= 4 is 17.8 Å². The Bertz CT molecular complexity index is 466. The van der Waals surface area contributed by atoms with Crippen LogP contribution in [0.15, 0.2) is 64.9 Å². The van der Waals surface area contributed by atoms with Crippen LogP contribution in [0.1, 0.15) is 11.1 Å². The zero-order chi connectivity index (χ0) is 11.4. The summed E-state index contributed by atoms with van der Waals surface area (Å²) < 4.78 is 0. The summed E-state index contributed by atoms with van der Waals surface area (Å²) in [6.07, 6.45) is 1.86. The number of aryl methyl sites for hydroxylation is 1. The molecule has 0 saturated heterocycles. The molecule has 0 amide bonds. The topological polar surface area (TPSA) is 0 Å². The van der Waals surface area contributed by atoms with E-state index in [9.17, 15) is 0 Å². The summed E-state index contributed by atoms with van der Waals surface area (Å²) in [5, 5.41) is 0. The molecule has 1 heteroatoms. The van der Waals surface area contributed by atoms with Crippen molar-refractivity contribution in [3.05, 3.63) is 66.2 Å². The monoisotopic (exact) mass is 226 g/mol. The maximum absolute atomic E-state index is 3.75. The molecule has 0 aliphatic rings. The van der Waals surface area contributed by atoms with E-state index >= 15 is 0 Å². The fourth-order valence-corrected chi connectivity index (χ4v) is 2.23. The van der Waals surface area contributed by atoms with Crippen molar-refractivity contribution in [2.24, 2.45) is 0 Å². The highest BCUT2D eigenvalue weighted by molar-refractivity contribution is 7.99. The molecule has 16 heavy (non-hydrogen) atoms. The van der Waals surface area contributed by atoms with E-state index in [-0.39, 0.29) is 0 Å². The maximum Gasteiger partial charge on any atom is 0.0122 e. The van der Waals surface area contributed by atoms with Gasteiger partial charge in [-0.1, -0.05) is 54.2 Å². The first-order chi connectivity index (χ1) is 7.78. The number of rotatable bonds is 3. The van der Waals surface area contributed by atoms with Crippen LogP contribution < -0.4 is 0 Å². The minimum Gasteiger partial charge on any atom is -0.0985 e. The highest BCUT2D eigenvalue weighted by Crippen LogP contribution is 2.27. The molecule has 2 aromatic rings. The molecule has 0 aromatic heterocycles. The van der Waals surface area contributed by atoms with Crippen LogP contribution in [-0.2, 0) is 0 Å². The van der Waals surface area contributed by atoms with Gasteiger partial charge in [0, 0.05) is 9.79 Å². The van der Waals surface area contributed by atoms with Crippen molar-refractivity contribution in [3.63, 3.8) is 0 Å². The molecule has 2 rings (SSSR count).